The number of fused-ring (bicyclic) bond motifs is 1. The van der Waals surface area contributed by atoms with Crippen LogP contribution in [0, 0.1) is 5.41 Å². The molecule has 13 nitrogen and oxygen atoms in total. The minimum atomic E-state index is -5.05. The summed E-state index contributed by atoms with van der Waals surface area (Å²) in [6.45, 7) is -0.0549. The Labute approximate surface area is 221 Å². The number of amides is 3. The van der Waals surface area contributed by atoms with Gasteiger partial charge in [-0.1, -0.05) is 23.9 Å². The Morgan fingerprint density at radius 3 is 2.58 bits per heavy atom. The van der Waals surface area contributed by atoms with Gasteiger partial charge in [-0.3, -0.25) is 19.2 Å². The number of hydrogen-bond donors (Lipinski definition) is 4. The van der Waals surface area contributed by atoms with E-state index in [1.54, 1.807) is 12.4 Å². The molecule has 2 aliphatic rings. The van der Waals surface area contributed by atoms with Gasteiger partial charge in [0.15, 0.2) is 0 Å². The second-order valence-electron chi connectivity index (χ2n) is 8.66. The van der Waals surface area contributed by atoms with E-state index in [0.717, 1.165) is 11.8 Å². The highest BCUT2D eigenvalue weighted by Crippen LogP contribution is 2.44. The fourth-order valence-electron chi connectivity index (χ4n) is 3.82. The average Bonchev–Trinajstić information content (AvgIpc) is 3.29. The number of aromatic nitrogens is 4. The molecule has 1 aromatic heterocycles. The van der Waals surface area contributed by atoms with Gasteiger partial charge in [0, 0.05) is 30.8 Å². The third-order valence-corrected chi connectivity index (χ3v) is 8.91. The predicted molar refractivity (Wildman–Crippen MR) is 128 cm³/mol. The summed E-state index contributed by atoms with van der Waals surface area (Å²) in [5.74, 6) is -4.05. The first-order valence-electron chi connectivity index (χ1n) is 10.9. The Morgan fingerprint density at radius 1 is 1.32 bits per heavy atom. The fourth-order valence-corrected chi connectivity index (χ4v) is 6.53. The first kappa shape index (κ1) is 27.6. The Hall–Kier alpha value is -3.38. The number of tetrazole rings is 1. The van der Waals surface area contributed by atoms with Gasteiger partial charge in [0.25, 0.3) is 0 Å². The summed E-state index contributed by atoms with van der Waals surface area (Å²) in [6, 6.07) is 2.75. The van der Waals surface area contributed by atoms with Crippen molar-refractivity contribution in [2.45, 2.75) is 28.8 Å². The van der Waals surface area contributed by atoms with E-state index in [2.05, 4.69) is 20.8 Å². The standard InChI is InChI=1S/C20H21F3N8O5S2/c1-30-18(27-28-29-30)38-8-19(17(35)36)6-31-14(33)12(15(31)37-7-19)26-13(32)11(24)9-2-4-10(5-3-9)25-16(34)20(21,22)23/h2-5,11-12,15H,6-8,24H2,1H3,(H,25,34)(H,26,32)(H,35,36)/t11?,12?,15-,19?/m1/s1. The number of alkyl halides is 3. The van der Waals surface area contributed by atoms with Gasteiger partial charge in [0.2, 0.25) is 17.0 Å². The highest BCUT2D eigenvalue weighted by molar-refractivity contribution is 8.00. The van der Waals surface area contributed by atoms with Crippen LogP contribution in [0.1, 0.15) is 11.6 Å². The summed E-state index contributed by atoms with van der Waals surface area (Å²) in [5.41, 5.74) is 4.83. The summed E-state index contributed by atoms with van der Waals surface area (Å²) in [5, 5.41) is 25.2. The number of thioether (sulfide) groups is 2. The second kappa shape index (κ2) is 10.4. The number of halogens is 3. The van der Waals surface area contributed by atoms with Crippen LogP contribution >= 0.6 is 23.5 Å². The number of aliphatic carboxylic acids is 1. The normalized spacial score (nSPS) is 23.7. The molecule has 2 fully saturated rings. The van der Waals surface area contributed by atoms with Crippen molar-refractivity contribution in [3.63, 3.8) is 0 Å². The maximum absolute atomic E-state index is 12.8. The van der Waals surface area contributed by atoms with Crippen LogP contribution in [-0.4, -0.2) is 89.5 Å². The minimum Gasteiger partial charge on any atom is -0.481 e. The molecule has 3 unspecified atom stereocenters. The molecule has 3 amide bonds. The van der Waals surface area contributed by atoms with E-state index in [4.69, 9.17) is 5.73 Å². The van der Waals surface area contributed by atoms with Gasteiger partial charge in [0.05, 0.1) is 0 Å². The van der Waals surface area contributed by atoms with Crippen LogP contribution in [0.25, 0.3) is 0 Å². The molecule has 0 bridgehead atoms. The molecule has 2 aliphatic heterocycles. The molecule has 5 N–H and O–H groups in total. The molecule has 38 heavy (non-hydrogen) atoms. The number of nitrogens with two attached hydrogens (primary N) is 1. The number of hydrogen-bond acceptors (Lipinski definition) is 10. The number of benzene rings is 1. The quantitative estimate of drug-likeness (QED) is 0.245. The fraction of sp³-hybridized carbons (Fsp3) is 0.450. The molecule has 1 aromatic carbocycles. The van der Waals surface area contributed by atoms with Gasteiger partial charge in [0.1, 0.15) is 22.9 Å². The molecule has 2 saturated heterocycles. The molecule has 0 saturated carbocycles. The number of rotatable bonds is 8. The van der Waals surface area contributed by atoms with E-state index in [0.29, 0.717) is 5.16 Å². The molecule has 2 aromatic rings. The number of nitrogens with zero attached hydrogens (tertiary/aromatic N) is 5. The van der Waals surface area contributed by atoms with Crippen molar-refractivity contribution in [3.8, 4) is 0 Å². The second-order valence-corrected chi connectivity index (χ2v) is 10.7. The van der Waals surface area contributed by atoms with Crippen LogP contribution in [0.4, 0.5) is 18.9 Å². The predicted octanol–water partition coefficient (Wildman–Crippen LogP) is -0.0261. The number of carboxylic acids is 1. The van der Waals surface area contributed by atoms with E-state index in [1.807, 2.05) is 0 Å². The molecule has 0 aliphatic carbocycles. The van der Waals surface area contributed by atoms with Crippen LogP contribution in [0.15, 0.2) is 29.4 Å². The zero-order valence-electron chi connectivity index (χ0n) is 19.5. The Bertz CT molecular complexity index is 1260. The van der Waals surface area contributed by atoms with Crippen molar-refractivity contribution in [3.05, 3.63) is 29.8 Å². The lowest BCUT2D eigenvalue weighted by molar-refractivity contribution is -0.167. The summed E-state index contributed by atoms with van der Waals surface area (Å²) < 4.78 is 38.6. The summed E-state index contributed by atoms with van der Waals surface area (Å²) in [7, 11) is 1.62. The number of anilines is 1. The molecule has 0 spiro atoms. The highest BCUT2D eigenvalue weighted by atomic mass is 32.2. The molecule has 4 atom stereocenters. The van der Waals surface area contributed by atoms with Crippen LogP contribution in [-0.2, 0) is 26.2 Å². The number of aryl methyl sites for hydroxylation is 1. The number of carbonyl (C=O) groups is 4. The zero-order chi connectivity index (χ0) is 27.8. The zero-order valence-corrected chi connectivity index (χ0v) is 21.1. The lowest BCUT2D eigenvalue weighted by Crippen LogP contribution is -2.74. The minimum absolute atomic E-state index is 0.0549. The van der Waals surface area contributed by atoms with E-state index >= 15 is 0 Å². The van der Waals surface area contributed by atoms with Crippen molar-refractivity contribution >= 4 is 52.9 Å². The molecular formula is C20H21F3N8O5S2. The monoisotopic (exact) mass is 574 g/mol. The number of β-lactam (4-membered cyclic amide) rings is 1. The Morgan fingerprint density at radius 2 is 2.00 bits per heavy atom. The summed E-state index contributed by atoms with van der Waals surface area (Å²) in [6.07, 6.45) is -5.05. The van der Waals surface area contributed by atoms with Gasteiger partial charge in [-0.25, -0.2) is 4.68 Å². The molecule has 0 radical (unpaired) electrons. The summed E-state index contributed by atoms with van der Waals surface area (Å²) >= 11 is 2.39. The van der Waals surface area contributed by atoms with Gasteiger partial charge < -0.3 is 26.4 Å². The molecule has 18 heteroatoms. The first-order valence-corrected chi connectivity index (χ1v) is 12.9. The number of nitrogens with one attached hydrogen (secondary N) is 2. The van der Waals surface area contributed by atoms with E-state index in [9.17, 15) is 37.5 Å². The summed E-state index contributed by atoms with van der Waals surface area (Å²) in [4.78, 5) is 50.1. The van der Waals surface area contributed by atoms with Gasteiger partial charge in [-0.2, -0.15) is 13.2 Å². The van der Waals surface area contributed by atoms with Gasteiger partial charge in [-0.05, 0) is 28.1 Å². The van der Waals surface area contributed by atoms with E-state index in [-0.39, 0.29) is 29.3 Å². The lowest BCUT2D eigenvalue weighted by Gasteiger charge is -2.53. The van der Waals surface area contributed by atoms with Crippen molar-refractivity contribution in [1.82, 2.24) is 30.4 Å². The molecule has 4 rings (SSSR count). The van der Waals surface area contributed by atoms with Crippen LogP contribution in [0.2, 0.25) is 0 Å². The lowest BCUT2D eigenvalue weighted by atomic mass is 9.89. The smallest absolute Gasteiger partial charge is 0.471 e. The number of carboxylic acid groups (broad SMARTS) is 1. The third kappa shape index (κ3) is 5.41. The first-order chi connectivity index (χ1) is 17.8. The topological polar surface area (TPSA) is 185 Å². The Balaban J connectivity index is 1.34. The van der Waals surface area contributed by atoms with Crippen LogP contribution in [0.3, 0.4) is 0 Å². The van der Waals surface area contributed by atoms with E-state index < -0.39 is 52.7 Å². The largest absolute Gasteiger partial charge is 0.481 e. The average molecular weight is 575 g/mol. The SMILES string of the molecule is Cn1nnnc1SCC1(C(=O)O)CS[C@@H]2C(NC(=O)C(N)c3ccc(NC(=O)C(F)(F)F)cc3)C(=O)N2C1. The van der Waals surface area contributed by atoms with Crippen LogP contribution in [0.5, 0.6) is 0 Å². The highest BCUT2D eigenvalue weighted by Gasteiger charge is 2.57. The molecule has 204 valence electrons. The van der Waals surface area contributed by atoms with Gasteiger partial charge in [-0.15, -0.1) is 16.9 Å². The molecule has 3 heterocycles. The number of carbonyl (C=O) groups excluding carboxylic acids is 3. The van der Waals surface area contributed by atoms with Crippen molar-refractivity contribution in [2.75, 3.05) is 23.4 Å². The maximum atomic E-state index is 12.8. The van der Waals surface area contributed by atoms with Crippen LogP contribution < -0.4 is 16.4 Å². The van der Waals surface area contributed by atoms with Gasteiger partial charge >= 0.3 is 18.1 Å². The molecular weight excluding hydrogens is 553 g/mol. The maximum Gasteiger partial charge on any atom is 0.471 e. The van der Waals surface area contributed by atoms with Crippen molar-refractivity contribution in [2.24, 2.45) is 18.2 Å². The Kier molecular flexibility index (Phi) is 7.57. The van der Waals surface area contributed by atoms with Crippen molar-refractivity contribution in [1.29, 1.82) is 0 Å². The third-order valence-electron chi connectivity index (χ3n) is 6.02. The van der Waals surface area contributed by atoms with Crippen molar-refractivity contribution < 1.29 is 37.5 Å². The van der Waals surface area contributed by atoms with E-state index in [1.165, 1.54) is 45.6 Å².